The molecule has 2 aromatic carbocycles. The maximum atomic E-state index is 6.01. The summed E-state index contributed by atoms with van der Waals surface area (Å²) in [5, 5.41) is 1.31. The van der Waals surface area contributed by atoms with Gasteiger partial charge in [-0.3, -0.25) is 0 Å². The van der Waals surface area contributed by atoms with Gasteiger partial charge in [-0.25, -0.2) is 0 Å². The third-order valence-electron chi connectivity index (χ3n) is 2.61. The van der Waals surface area contributed by atoms with Crippen LogP contribution in [0.3, 0.4) is 0 Å². The van der Waals surface area contributed by atoms with Crippen LogP contribution in [0.1, 0.15) is 12.5 Å². The lowest BCUT2D eigenvalue weighted by Crippen LogP contribution is -2.18. The van der Waals surface area contributed by atoms with E-state index in [0.29, 0.717) is 10.0 Å². The van der Waals surface area contributed by atoms with Crippen LogP contribution >= 0.6 is 23.2 Å². The van der Waals surface area contributed by atoms with Gasteiger partial charge in [0.2, 0.25) is 0 Å². The summed E-state index contributed by atoms with van der Waals surface area (Å²) in [7, 11) is 0. The van der Waals surface area contributed by atoms with Crippen LogP contribution in [0.25, 0.3) is 0 Å². The number of hydrogen-bond acceptors (Lipinski definition) is 2. The zero-order valence-corrected chi connectivity index (χ0v) is 12.1. The molecule has 0 saturated carbocycles. The van der Waals surface area contributed by atoms with Crippen LogP contribution in [0.2, 0.25) is 10.0 Å². The lowest BCUT2D eigenvalue weighted by molar-refractivity contribution is 0.474. The highest BCUT2D eigenvalue weighted by atomic mass is 35.5. The SMILES string of the molecule is CC(N)Cc1ccc(Cl)cc1Oc1ccc(Cl)cc1. The molecule has 0 aliphatic heterocycles. The second-order valence-corrected chi connectivity index (χ2v) is 5.36. The van der Waals surface area contributed by atoms with E-state index in [4.69, 9.17) is 33.7 Å². The van der Waals surface area contributed by atoms with E-state index >= 15 is 0 Å². The lowest BCUT2D eigenvalue weighted by Gasteiger charge is -2.13. The van der Waals surface area contributed by atoms with Crippen molar-refractivity contribution in [3.8, 4) is 11.5 Å². The molecule has 2 rings (SSSR count). The van der Waals surface area contributed by atoms with Gasteiger partial charge in [0.25, 0.3) is 0 Å². The average molecular weight is 296 g/mol. The molecule has 0 aromatic heterocycles. The second-order valence-electron chi connectivity index (χ2n) is 4.49. The first kappa shape index (κ1) is 14.2. The van der Waals surface area contributed by atoms with Crippen LogP contribution in [-0.4, -0.2) is 6.04 Å². The van der Waals surface area contributed by atoms with Crippen LogP contribution in [0.4, 0.5) is 0 Å². The number of rotatable bonds is 4. The molecule has 0 heterocycles. The van der Waals surface area contributed by atoms with E-state index in [1.165, 1.54) is 0 Å². The fourth-order valence-corrected chi connectivity index (χ4v) is 2.06. The summed E-state index contributed by atoms with van der Waals surface area (Å²) in [6, 6.07) is 12.9. The molecule has 0 bridgehead atoms. The van der Waals surface area contributed by atoms with E-state index in [-0.39, 0.29) is 6.04 Å². The minimum absolute atomic E-state index is 0.0637. The molecule has 0 aliphatic rings. The average Bonchev–Trinajstić information content (AvgIpc) is 2.35. The molecule has 0 spiro atoms. The minimum atomic E-state index is 0.0637. The molecular weight excluding hydrogens is 281 g/mol. The standard InChI is InChI=1S/C15H15Cl2NO/c1-10(18)8-11-2-3-13(17)9-15(11)19-14-6-4-12(16)5-7-14/h2-7,9-10H,8,18H2,1H3. The Morgan fingerprint density at radius 2 is 1.68 bits per heavy atom. The Morgan fingerprint density at radius 1 is 1.05 bits per heavy atom. The smallest absolute Gasteiger partial charge is 0.132 e. The van der Waals surface area contributed by atoms with Crippen LogP contribution in [0.15, 0.2) is 42.5 Å². The van der Waals surface area contributed by atoms with Crippen molar-refractivity contribution in [1.29, 1.82) is 0 Å². The third kappa shape index (κ3) is 4.13. The molecule has 0 fully saturated rings. The van der Waals surface area contributed by atoms with Crippen LogP contribution in [-0.2, 0) is 6.42 Å². The first-order valence-electron chi connectivity index (χ1n) is 6.02. The Hall–Kier alpha value is -1.22. The van der Waals surface area contributed by atoms with Gasteiger partial charge in [0.15, 0.2) is 0 Å². The molecule has 0 amide bonds. The first-order chi connectivity index (χ1) is 9.04. The highest BCUT2D eigenvalue weighted by molar-refractivity contribution is 6.31. The molecule has 2 aromatic rings. The largest absolute Gasteiger partial charge is 0.457 e. The van der Waals surface area contributed by atoms with Crippen molar-refractivity contribution in [2.75, 3.05) is 0 Å². The molecule has 2 N–H and O–H groups in total. The number of nitrogens with two attached hydrogens (primary N) is 1. The number of hydrogen-bond donors (Lipinski definition) is 1. The number of halogens is 2. The predicted molar refractivity (Wildman–Crippen MR) is 80.3 cm³/mol. The predicted octanol–water partition coefficient (Wildman–Crippen LogP) is 4.68. The van der Waals surface area contributed by atoms with E-state index in [1.807, 2.05) is 31.2 Å². The maximum Gasteiger partial charge on any atom is 0.132 e. The summed E-state index contributed by atoms with van der Waals surface area (Å²) in [5.41, 5.74) is 6.88. The van der Waals surface area contributed by atoms with E-state index in [2.05, 4.69) is 0 Å². The summed E-state index contributed by atoms with van der Waals surface area (Å²) in [6.07, 6.45) is 0.736. The van der Waals surface area contributed by atoms with Crippen molar-refractivity contribution in [3.63, 3.8) is 0 Å². The highest BCUT2D eigenvalue weighted by Gasteiger charge is 2.08. The van der Waals surface area contributed by atoms with Crippen molar-refractivity contribution in [3.05, 3.63) is 58.1 Å². The van der Waals surface area contributed by atoms with E-state index in [9.17, 15) is 0 Å². The van der Waals surface area contributed by atoms with Crippen molar-refractivity contribution in [1.82, 2.24) is 0 Å². The quantitative estimate of drug-likeness (QED) is 0.889. The summed E-state index contributed by atoms with van der Waals surface area (Å²) in [4.78, 5) is 0. The Labute approximate surface area is 123 Å². The van der Waals surface area contributed by atoms with Gasteiger partial charge in [-0.2, -0.15) is 0 Å². The van der Waals surface area contributed by atoms with Crippen molar-refractivity contribution >= 4 is 23.2 Å². The van der Waals surface area contributed by atoms with E-state index in [1.54, 1.807) is 18.2 Å². The monoisotopic (exact) mass is 295 g/mol. The van der Waals surface area contributed by atoms with Gasteiger partial charge in [0, 0.05) is 16.1 Å². The van der Waals surface area contributed by atoms with Gasteiger partial charge in [-0.1, -0.05) is 29.3 Å². The van der Waals surface area contributed by atoms with Gasteiger partial charge in [0.05, 0.1) is 0 Å². The zero-order valence-electron chi connectivity index (χ0n) is 10.6. The molecule has 19 heavy (non-hydrogen) atoms. The molecule has 4 heteroatoms. The molecule has 100 valence electrons. The van der Waals surface area contributed by atoms with Gasteiger partial charge < -0.3 is 10.5 Å². The molecule has 1 atom stereocenters. The van der Waals surface area contributed by atoms with Crippen molar-refractivity contribution in [2.24, 2.45) is 5.73 Å². The van der Waals surface area contributed by atoms with Crippen molar-refractivity contribution < 1.29 is 4.74 Å². The molecular formula is C15H15Cl2NO. The normalized spacial score (nSPS) is 12.2. The molecule has 2 nitrogen and oxygen atoms in total. The fraction of sp³-hybridized carbons (Fsp3) is 0.200. The minimum Gasteiger partial charge on any atom is -0.457 e. The van der Waals surface area contributed by atoms with Gasteiger partial charge in [-0.15, -0.1) is 0 Å². The Morgan fingerprint density at radius 3 is 2.32 bits per heavy atom. The van der Waals surface area contributed by atoms with Gasteiger partial charge in [0.1, 0.15) is 11.5 Å². The summed E-state index contributed by atoms with van der Waals surface area (Å²) >= 11 is 11.9. The van der Waals surface area contributed by atoms with Crippen molar-refractivity contribution in [2.45, 2.75) is 19.4 Å². The summed E-state index contributed by atoms with van der Waals surface area (Å²) < 4.78 is 5.85. The molecule has 0 aliphatic carbocycles. The Balaban J connectivity index is 2.27. The Kier molecular flexibility index (Phi) is 4.70. The van der Waals surface area contributed by atoms with E-state index < -0.39 is 0 Å². The Bertz CT molecular complexity index is 553. The molecule has 0 radical (unpaired) electrons. The summed E-state index contributed by atoms with van der Waals surface area (Å²) in [5.74, 6) is 1.45. The van der Waals surface area contributed by atoms with Crippen LogP contribution in [0, 0.1) is 0 Å². The highest BCUT2D eigenvalue weighted by Crippen LogP contribution is 2.29. The van der Waals surface area contributed by atoms with Gasteiger partial charge in [-0.05, 0) is 55.3 Å². The number of benzene rings is 2. The van der Waals surface area contributed by atoms with Gasteiger partial charge >= 0.3 is 0 Å². The molecule has 0 saturated heterocycles. The maximum absolute atomic E-state index is 6.01. The third-order valence-corrected chi connectivity index (χ3v) is 3.10. The fourth-order valence-electron chi connectivity index (χ4n) is 1.77. The zero-order chi connectivity index (χ0) is 13.8. The number of ether oxygens (including phenoxy) is 1. The lowest BCUT2D eigenvalue weighted by atomic mass is 10.1. The van der Waals surface area contributed by atoms with E-state index in [0.717, 1.165) is 23.5 Å². The topological polar surface area (TPSA) is 35.2 Å². The second kappa shape index (κ2) is 6.29. The first-order valence-corrected chi connectivity index (χ1v) is 6.77. The summed E-state index contributed by atoms with van der Waals surface area (Å²) in [6.45, 7) is 1.96. The van der Waals surface area contributed by atoms with Crippen LogP contribution < -0.4 is 10.5 Å². The molecule has 1 unspecified atom stereocenters. The van der Waals surface area contributed by atoms with Crippen LogP contribution in [0.5, 0.6) is 11.5 Å².